The van der Waals surface area contributed by atoms with Gasteiger partial charge in [0.1, 0.15) is 0 Å². The summed E-state index contributed by atoms with van der Waals surface area (Å²) in [6.07, 6.45) is 0. The van der Waals surface area contributed by atoms with Gasteiger partial charge in [-0.2, -0.15) is 5.10 Å². The predicted molar refractivity (Wildman–Crippen MR) is 40.9 cm³/mol. The van der Waals surface area contributed by atoms with Gasteiger partial charge >= 0.3 is 0 Å². The molecule has 0 unspecified atom stereocenters. The first-order chi connectivity index (χ1) is 5.42. The molecule has 0 spiro atoms. The summed E-state index contributed by atoms with van der Waals surface area (Å²) in [5, 5.41) is 16.5. The van der Waals surface area contributed by atoms with E-state index in [1.165, 1.54) is 0 Å². The first-order valence-corrected chi connectivity index (χ1v) is 3.36. The zero-order chi connectivity index (χ0) is 7.68. The number of hydrogen-bond acceptors (Lipinski definition) is 2. The fourth-order valence-corrected chi connectivity index (χ4v) is 1.08. The van der Waals surface area contributed by atoms with Crippen molar-refractivity contribution in [1.29, 1.82) is 0 Å². The number of fused-ring (bicyclic) bond motifs is 1. The van der Waals surface area contributed by atoms with Gasteiger partial charge in [-0.15, -0.1) is 0 Å². The highest BCUT2D eigenvalue weighted by Gasteiger charge is 2.01. The Hall–Kier alpha value is -1.35. The summed E-state index contributed by atoms with van der Waals surface area (Å²) in [5.74, 6) is 0. The Morgan fingerprint density at radius 3 is 3.36 bits per heavy atom. The second-order valence-corrected chi connectivity index (χ2v) is 2.30. The number of aliphatic hydroxyl groups excluding tert-OH is 1. The van der Waals surface area contributed by atoms with Crippen LogP contribution in [-0.2, 0) is 6.61 Å². The summed E-state index contributed by atoms with van der Waals surface area (Å²) in [7, 11) is 0. The summed E-state index contributed by atoms with van der Waals surface area (Å²) >= 11 is 0. The zero-order valence-electron chi connectivity index (χ0n) is 5.83. The number of aromatic nitrogens is 2. The largest absolute Gasteiger partial charge is 0.390 e. The van der Waals surface area contributed by atoms with E-state index in [0.717, 1.165) is 10.9 Å². The molecule has 0 aliphatic rings. The molecule has 0 aliphatic carbocycles. The van der Waals surface area contributed by atoms with Crippen LogP contribution in [-0.4, -0.2) is 15.3 Å². The molecule has 0 fully saturated rings. The number of H-pyrrole nitrogens is 1. The van der Waals surface area contributed by atoms with Gasteiger partial charge in [0.25, 0.3) is 0 Å². The SMILES string of the molecule is OCc1n[nH]c2c[c]ccc12. The van der Waals surface area contributed by atoms with E-state index in [4.69, 9.17) is 5.11 Å². The number of benzene rings is 1. The van der Waals surface area contributed by atoms with Crippen LogP contribution in [0.25, 0.3) is 10.9 Å². The number of aromatic amines is 1. The molecule has 3 heteroatoms. The minimum absolute atomic E-state index is 0.0238. The van der Waals surface area contributed by atoms with Crippen molar-refractivity contribution in [3.05, 3.63) is 30.0 Å². The average molecular weight is 147 g/mol. The number of hydrogen-bond donors (Lipinski definition) is 2. The Bertz CT molecular complexity index is 367. The summed E-state index contributed by atoms with van der Waals surface area (Å²) in [6.45, 7) is -0.0238. The second-order valence-electron chi connectivity index (χ2n) is 2.30. The highest BCUT2D eigenvalue weighted by Crippen LogP contribution is 2.13. The first kappa shape index (κ1) is 6.37. The van der Waals surface area contributed by atoms with Crippen molar-refractivity contribution in [3.63, 3.8) is 0 Å². The highest BCUT2D eigenvalue weighted by molar-refractivity contribution is 5.80. The molecule has 0 saturated carbocycles. The third-order valence-electron chi connectivity index (χ3n) is 1.64. The van der Waals surface area contributed by atoms with Gasteiger partial charge in [-0.25, -0.2) is 0 Å². The second kappa shape index (κ2) is 2.36. The van der Waals surface area contributed by atoms with Crippen molar-refractivity contribution < 1.29 is 5.11 Å². The molecule has 0 saturated heterocycles. The van der Waals surface area contributed by atoms with Crippen molar-refractivity contribution in [1.82, 2.24) is 10.2 Å². The Balaban J connectivity index is 2.76. The maximum Gasteiger partial charge on any atom is 0.0955 e. The molecule has 2 N–H and O–H groups in total. The molecule has 2 rings (SSSR count). The van der Waals surface area contributed by atoms with Crippen molar-refractivity contribution in [2.24, 2.45) is 0 Å². The van der Waals surface area contributed by atoms with E-state index in [-0.39, 0.29) is 6.61 Å². The van der Waals surface area contributed by atoms with Gasteiger partial charge in [-0.1, -0.05) is 12.1 Å². The van der Waals surface area contributed by atoms with Crippen LogP contribution < -0.4 is 0 Å². The molecule has 0 aliphatic heterocycles. The Morgan fingerprint density at radius 1 is 1.64 bits per heavy atom. The van der Waals surface area contributed by atoms with Crippen molar-refractivity contribution in [2.45, 2.75) is 6.61 Å². The number of aliphatic hydroxyl groups is 1. The molecule has 0 bridgehead atoms. The molecule has 55 valence electrons. The normalized spacial score (nSPS) is 10.6. The number of rotatable bonds is 1. The molecule has 2 aromatic rings. The minimum atomic E-state index is -0.0238. The first-order valence-electron chi connectivity index (χ1n) is 3.36. The molecule has 1 heterocycles. The van der Waals surface area contributed by atoms with E-state index in [1.807, 2.05) is 12.1 Å². The van der Waals surface area contributed by atoms with Crippen molar-refractivity contribution in [3.8, 4) is 0 Å². The Morgan fingerprint density at radius 2 is 2.55 bits per heavy atom. The quantitative estimate of drug-likeness (QED) is 0.628. The van der Waals surface area contributed by atoms with Crippen molar-refractivity contribution >= 4 is 10.9 Å². The van der Waals surface area contributed by atoms with Gasteiger partial charge in [0, 0.05) is 5.39 Å². The maximum atomic E-state index is 8.83. The third kappa shape index (κ3) is 0.897. The minimum Gasteiger partial charge on any atom is -0.390 e. The van der Waals surface area contributed by atoms with E-state index in [1.54, 1.807) is 6.07 Å². The fraction of sp³-hybridized carbons (Fsp3) is 0.125. The van der Waals surface area contributed by atoms with Crippen LogP contribution in [0.3, 0.4) is 0 Å². The van der Waals surface area contributed by atoms with Gasteiger partial charge in [0.2, 0.25) is 0 Å². The Labute approximate surface area is 63.7 Å². The van der Waals surface area contributed by atoms with Gasteiger partial charge in [-0.05, 0) is 12.1 Å². The van der Waals surface area contributed by atoms with E-state index >= 15 is 0 Å². The molecule has 0 amide bonds. The standard InChI is InChI=1S/C8H7N2O/c11-5-8-6-3-1-2-4-7(6)9-10-8/h1,3-4,11H,5H2,(H,9,10). The summed E-state index contributed by atoms with van der Waals surface area (Å²) in [4.78, 5) is 0. The summed E-state index contributed by atoms with van der Waals surface area (Å²) in [5.41, 5.74) is 1.60. The van der Waals surface area contributed by atoms with Crippen LogP contribution in [0.4, 0.5) is 0 Å². The van der Waals surface area contributed by atoms with Crippen LogP contribution in [0, 0.1) is 6.07 Å². The molecule has 1 aromatic heterocycles. The fourth-order valence-electron chi connectivity index (χ4n) is 1.08. The maximum absolute atomic E-state index is 8.83. The molecular weight excluding hydrogens is 140 g/mol. The zero-order valence-corrected chi connectivity index (χ0v) is 5.83. The van der Waals surface area contributed by atoms with Crippen LogP contribution in [0.1, 0.15) is 5.69 Å². The molecule has 1 aromatic carbocycles. The van der Waals surface area contributed by atoms with Gasteiger partial charge < -0.3 is 5.11 Å². The van der Waals surface area contributed by atoms with E-state index in [2.05, 4.69) is 16.3 Å². The molecule has 0 atom stereocenters. The average Bonchev–Trinajstić information content (AvgIpc) is 2.47. The monoisotopic (exact) mass is 147 g/mol. The van der Waals surface area contributed by atoms with Gasteiger partial charge in [-0.3, -0.25) is 5.10 Å². The summed E-state index contributed by atoms with van der Waals surface area (Å²) < 4.78 is 0. The van der Waals surface area contributed by atoms with Crippen LogP contribution >= 0.6 is 0 Å². The predicted octanol–water partition coefficient (Wildman–Crippen LogP) is 0.855. The van der Waals surface area contributed by atoms with Crippen LogP contribution in [0.15, 0.2) is 18.2 Å². The van der Waals surface area contributed by atoms with E-state index in [0.29, 0.717) is 5.69 Å². The lowest BCUT2D eigenvalue weighted by Crippen LogP contribution is -1.81. The lowest BCUT2D eigenvalue weighted by molar-refractivity contribution is 0.278. The number of nitrogens with one attached hydrogen (secondary N) is 1. The highest BCUT2D eigenvalue weighted by atomic mass is 16.3. The van der Waals surface area contributed by atoms with E-state index in [9.17, 15) is 0 Å². The summed E-state index contributed by atoms with van der Waals surface area (Å²) in [6, 6.07) is 8.41. The van der Waals surface area contributed by atoms with Crippen LogP contribution in [0.5, 0.6) is 0 Å². The molecule has 1 radical (unpaired) electrons. The number of nitrogens with zero attached hydrogens (tertiary/aromatic N) is 1. The lowest BCUT2D eigenvalue weighted by atomic mass is 10.2. The van der Waals surface area contributed by atoms with Crippen molar-refractivity contribution in [2.75, 3.05) is 0 Å². The van der Waals surface area contributed by atoms with E-state index < -0.39 is 0 Å². The Kier molecular flexibility index (Phi) is 1.36. The molecular formula is C8H7N2O. The molecule has 11 heavy (non-hydrogen) atoms. The molecule has 3 nitrogen and oxygen atoms in total. The van der Waals surface area contributed by atoms with Crippen LogP contribution in [0.2, 0.25) is 0 Å². The smallest absolute Gasteiger partial charge is 0.0955 e. The van der Waals surface area contributed by atoms with Gasteiger partial charge in [0.05, 0.1) is 17.8 Å². The third-order valence-corrected chi connectivity index (χ3v) is 1.64. The topological polar surface area (TPSA) is 48.9 Å². The van der Waals surface area contributed by atoms with Gasteiger partial charge in [0.15, 0.2) is 0 Å². The lowest BCUT2D eigenvalue weighted by Gasteiger charge is -1.87.